The summed E-state index contributed by atoms with van der Waals surface area (Å²) >= 11 is 0. The largest absolute Gasteiger partial charge is 0.393 e. The summed E-state index contributed by atoms with van der Waals surface area (Å²) in [6, 6.07) is 0. The van der Waals surface area contributed by atoms with E-state index in [0.717, 1.165) is 25.7 Å². The summed E-state index contributed by atoms with van der Waals surface area (Å²) in [5, 5.41) is 32.9. The molecule has 0 aliphatic heterocycles. The maximum Gasteiger partial charge on any atom is 0.167 e. The summed E-state index contributed by atoms with van der Waals surface area (Å²) in [5.41, 5.74) is -1.92. The molecule has 0 amide bonds. The fourth-order valence-corrected chi connectivity index (χ4v) is 8.59. The highest BCUT2D eigenvalue weighted by atomic mass is 16.4. The van der Waals surface area contributed by atoms with E-state index in [2.05, 4.69) is 53.7 Å². The van der Waals surface area contributed by atoms with Crippen LogP contribution >= 0.6 is 0 Å². The number of hydrogen-bond acceptors (Lipinski definition) is 4. The average Bonchev–Trinajstić information content (AvgIpc) is 3.09. The lowest BCUT2D eigenvalue weighted by Gasteiger charge is -2.64. The Bertz CT molecular complexity index is 761. The molecule has 4 heteroatoms. The van der Waals surface area contributed by atoms with Crippen LogP contribution in [0.25, 0.3) is 0 Å². The third-order valence-electron chi connectivity index (χ3n) is 11.1. The highest BCUT2D eigenvalue weighted by Crippen LogP contribution is 2.68. The molecule has 0 aromatic rings. The van der Waals surface area contributed by atoms with Crippen molar-refractivity contribution in [3.05, 3.63) is 12.2 Å². The van der Waals surface area contributed by atoms with Gasteiger partial charge in [-0.05, 0) is 79.4 Å². The van der Waals surface area contributed by atoms with Crippen molar-refractivity contribution in [2.75, 3.05) is 0 Å². The first-order valence-electron chi connectivity index (χ1n) is 13.2. The van der Waals surface area contributed by atoms with Gasteiger partial charge >= 0.3 is 0 Å². The molecule has 32 heavy (non-hydrogen) atoms. The minimum absolute atomic E-state index is 0.0968. The first-order chi connectivity index (χ1) is 14.9. The van der Waals surface area contributed by atoms with E-state index in [1.54, 1.807) is 0 Å². The van der Waals surface area contributed by atoms with E-state index in [0.29, 0.717) is 36.5 Å². The number of Topliss-reactive ketones (excluding diaryl/α,β-unsaturated/α-hetero) is 1. The molecule has 0 heterocycles. The second-order valence-electron chi connectivity index (χ2n) is 12.9. The van der Waals surface area contributed by atoms with Crippen molar-refractivity contribution in [2.24, 2.45) is 52.3 Å². The van der Waals surface area contributed by atoms with Gasteiger partial charge in [-0.2, -0.15) is 0 Å². The van der Waals surface area contributed by atoms with Gasteiger partial charge in [0.1, 0.15) is 11.7 Å². The van der Waals surface area contributed by atoms with Gasteiger partial charge in [-0.25, -0.2) is 0 Å². The van der Waals surface area contributed by atoms with Gasteiger partial charge in [-0.15, -0.1) is 0 Å². The highest BCUT2D eigenvalue weighted by molar-refractivity contribution is 5.89. The van der Waals surface area contributed by atoms with Crippen molar-refractivity contribution in [3.8, 4) is 0 Å². The summed E-state index contributed by atoms with van der Waals surface area (Å²) in [6.45, 7) is 13.6. The van der Waals surface area contributed by atoms with Gasteiger partial charge in [0.2, 0.25) is 0 Å². The molecule has 4 aliphatic rings. The zero-order valence-corrected chi connectivity index (χ0v) is 21.1. The number of aliphatic hydroxyl groups is 3. The predicted molar refractivity (Wildman–Crippen MR) is 127 cm³/mol. The van der Waals surface area contributed by atoms with Crippen LogP contribution < -0.4 is 0 Å². The first kappa shape index (κ1) is 24.4. The van der Waals surface area contributed by atoms with Gasteiger partial charge in [0, 0.05) is 17.8 Å². The molecule has 0 radical (unpaired) electrons. The van der Waals surface area contributed by atoms with Crippen LogP contribution in [0.1, 0.15) is 86.5 Å². The van der Waals surface area contributed by atoms with Gasteiger partial charge in [0.05, 0.1) is 6.10 Å². The molecule has 3 N–H and O–H groups in total. The third kappa shape index (κ3) is 3.38. The number of ketones is 1. The van der Waals surface area contributed by atoms with Crippen LogP contribution in [0.5, 0.6) is 0 Å². The predicted octanol–water partition coefficient (Wildman–Crippen LogP) is 4.76. The highest BCUT2D eigenvalue weighted by Gasteiger charge is 2.70. The number of carbonyl (C=O) groups is 1. The molecule has 182 valence electrons. The molecule has 0 saturated heterocycles. The van der Waals surface area contributed by atoms with Crippen molar-refractivity contribution in [1.29, 1.82) is 0 Å². The van der Waals surface area contributed by atoms with Crippen LogP contribution in [0.4, 0.5) is 0 Å². The molecule has 11 atom stereocenters. The van der Waals surface area contributed by atoms with E-state index in [9.17, 15) is 20.1 Å². The van der Waals surface area contributed by atoms with E-state index >= 15 is 0 Å². The minimum atomic E-state index is -1.50. The van der Waals surface area contributed by atoms with E-state index in [4.69, 9.17) is 0 Å². The Morgan fingerprint density at radius 2 is 1.62 bits per heavy atom. The Balaban J connectivity index is 1.62. The van der Waals surface area contributed by atoms with Crippen LogP contribution in [-0.2, 0) is 4.79 Å². The van der Waals surface area contributed by atoms with Crippen LogP contribution in [-0.4, -0.2) is 38.9 Å². The zero-order valence-electron chi connectivity index (χ0n) is 21.1. The van der Waals surface area contributed by atoms with Gasteiger partial charge in [-0.3, -0.25) is 4.79 Å². The van der Waals surface area contributed by atoms with Gasteiger partial charge < -0.3 is 15.3 Å². The molecule has 4 rings (SSSR count). The van der Waals surface area contributed by atoms with E-state index in [1.165, 1.54) is 0 Å². The molecule has 0 aromatic heterocycles. The van der Waals surface area contributed by atoms with Crippen molar-refractivity contribution >= 4 is 5.78 Å². The lowest BCUT2D eigenvalue weighted by Crippen LogP contribution is -2.72. The molecule has 0 bridgehead atoms. The number of aliphatic hydroxyl groups excluding tert-OH is 2. The lowest BCUT2D eigenvalue weighted by molar-refractivity contribution is -0.250. The maximum atomic E-state index is 13.6. The molecule has 0 spiro atoms. The van der Waals surface area contributed by atoms with E-state index in [1.807, 2.05) is 0 Å². The monoisotopic (exact) mass is 446 g/mol. The Labute approximate surface area is 194 Å². The average molecular weight is 447 g/mol. The molecular weight excluding hydrogens is 400 g/mol. The Morgan fingerprint density at radius 1 is 0.938 bits per heavy atom. The fraction of sp³-hybridized carbons (Fsp3) is 0.893. The number of hydrogen-bond donors (Lipinski definition) is 3. The summed E-state index contributed by atoms with van der Waals surface area (Å²) in [5.74, 6) is 2.28. The van der Waals surface area contributed by atoms with Gasteiger partial charge in [-0.1, -0.05) is 53.7 Å². The Hall–Kier alpha value is -0.710. The topological polar surface area (TPSA) is 77.8 Å². The van der Waals surface area contributed by atoms with Gasteiger partial charge in [0.15, 0.2) is 5.78 Å². The standard InChI is InChI=1S/C28H46O4/c1-16(2)17(3)7-8-18(4)20-9-10-21-23-22(12-13-26(20,21)5)27(6)14-11-19(29)15-28(27,32)25(31)24(23)30/h7-8,16-23,25,29,31-32H,9-15H2,1-6H3. The normalized spacial score (nSPS) is 50.8. The first-order valence-corrected chi connectivity index (χ1v) is 13.2. The van der Waals surface area contributed by atoms with E-state index < -0.39 is 23.2 Å². The Morgan fingerprint density at radius 3 is 2.28 bits per heavy atom. The number of carbonyl (C=O) groups excluding carboxylic acids is 1. The van der Waals surface area contributed by atoms with Crippen molar-refractivity contribution in [3.63, 3.8) is 0 Å². The molecule has 4 saturated carbocycles. The Kier molecular flexibility index (Phi) is 6.26. The smallest absolute Gasteiger partial charge is 0.167 e. The molecule has 11 unspecified atom stereocenters. The van der Waals surface area contributed by atoms with Crippen LogP contribution in [0.2, 0.25) is 0 Å². The zero-order chi connectivity index (χ0) is 23.6. The van der Waals surface area contributed by atoms with E-state index in [-0.39, 0.29) is 35.4 Å². The number of allylic oxidation sites excluding steroid dienone is 2. The summed E-state index contributed by atoms with van der Waals surface area (Å²) < 4.78 is 0. The van der Waals surface area contributed by atoms with Crippen molar-refractivity contribution in [2.45, 2.75) is 104 Å². The second kappa shape index (κ2) is 8.20. The fourth-order valence-electron chi connectivity index (χ4n) is 8.59. The minimum Gasteiger partial charge on any atom is -0.393 e. The summed E-state index contributed by atoms with van der Waals surface area (Å²) in [6.07, 6.45) is 8.38. The number of rotatable bonds is 4. The second-order valence-corrected chi connectivity index (χ2v) is 12.9. The summed E-state index contributed by atoms with van der Waals surface area (Å²) in [7, 11) is 0. The molecule has 0 aromatic carbocycles. The quantitative estimate of drug-likeness (QED) is 0.544. The maximum absolute atomic E-state index is 13.6. The third-order valence-corrected chi connectivity index (χ3v) is 11.1. The van der Waals surface area contributed by atoms with Crippen molar-refractivity contribution in [1.82, 2.24) is 0 Å². The molecule has 4 fully saturated rings. The van der Waals surface area contributed by atoms with Crippen LogP contribution in [0.3, 0.4) is 0 Å². The molecular formula is C28H46O4. The molecule has 4 nitrogen and oxygen atoms in total. The van der Waals surface area contributed by atoms with Crippen molar-refractivity contribution < 1.29 is 20.1 Å². The summed E-state index contributed by atoms with van der Waals surface area (Å²) in [4.78, 5) is 13.6. The van der Waals surface area contributed by atoms with Crippen LogP contribution in [0, 0.1) is 52.3 Å². The lowest BCUT2D eigenvalue weighted by atomic mass is 9.42. The van der Waals surface area contributed by atoms with Gasteiger partial charge in [0.25, 0.3) is 0 Å². The molecule has 4 aliphatic carbocycles. The SMILES string of the molecule is CC(C)C(C)C=CC(C)C1CCC2C3C(=O)C(O)C4(O)CC(O)CCC4(C)C3CCC12C. The van der Waals surface area contributed by atoms with Crippen LogP contribution in [0.15, 0.2) is 12.2 Å². The number of fused-ring (bicyclic) bond motifs is 5.